The zero-order valence-electron chi connectivity index (χ0n) is 10.2. The molecule has 0 saturated carbocycles. The van der Waals surface area contributed by atoms with Gasteiger partial charge < -0.3 is 0 Å². The molecule has 0 spiro atoms. The third kappa shape index (κ3) is 4.14. The van der Waals surface area contributed by atoms with Crippen molar-refractivity contribution in [3.63, 3.8) is 0 Å². The Morgan fingerprint density at radius 2 is 1.33 bits per heavy atom. The van der Waals surface area contributed by atoms with Crippen molar-refractivity contribution in [2.24, 2.45) is 0 Å². The summed E-state index contributed by atoms with van der Waals surface area (Å²) < 4.78 is 0. The van der Waals surface area contributed by atoms with Gasteiger partial charge in [0.25, 0.3) is 0 Å². The molecule has 0 aliphatic carbocycles. The fraction of sp³-hybridized carbons (Fsp3) is 0.714. The summed E-state index contributed by atoms with van der Waals surface area (Å²) in [5, 5.41) is 0. The first-order valence-electron chi connectivity index (χ1n) is 6.33. The van der Waals surface area contributed by atoms with Gasteiger partial charge in [0.05, 0.1) is 0 Å². The molecule has 1 heteroatoms. The van der Waals surface area contributed by atoms with Crippen LogP contribution < -0.4 is 0 Å². The maximum Gasteiger partial charge on any atom is 0.216 e. The minimum Gasteiger partial charge on any atom is -0.115 e. The molecule has 1 aliphatic heterocycles. The van der Waals surface area contributed by atoms with Gasteiger partial charge in [-0.3, -0.25) is 0 Å². The molecule has 1 saturated heterocycles. The smallest absolute Gasteiger partial charge is 0.115 e. The molecular formula is C14H22Si. The summed E-state index contributed by atoms with van der Waals surface area (Å²) in [6, 6.07) is 2.67. The van der Waals surface area contributed by atoms with Crippen molar-refractivity contribution in [2.45, 2.75) is 64.5 Å². The lowest BCUT2D eigenvalue weighted by atomic mass is 10.4. The predicted octanol–water partition coefficient (Wildman–Crippen LogP) is 3.91. The molecule has 1 heterocycles. The summed E-state index contributed by atoms with van der Waals surface area (Å²) in [5.41, 5.74) is 7.14. The third-order valence-corrected chi connectivity index (χ3v) is 6.59. The van der Waals surface area contributed by atoms with E-state index in [4.69, 9.17) is 0 Å². The lowest BCUT2D eigenvalue weighted by Crippen LogP contribution is -2.26. The number of unbranched alkanes of at least 4 members (excludes halogenated alkanes) is 2. The van der Waals surface area contributed by atoms with Gasteiger partial charge in [0.2, 0.25) is 8.07 Å². The molecular weight excluding hydrogens is 196 g/mol. The first-order chi connectivity index (χ1) is 7.33. The van der Waals surface area contributed by atoms with Gasteiger partial charge in [-0.15, -0.1) is 22.9 Å². The Bertz CT molecular complexity index is 263. The van der Waals surface area contributed by atoms with Crippen LogP contribution in [0.2, 0.25) is 12.1 Å². The molecule has 15 heavy (non-hydrogen) atoms. The molecule has 0 bridgehead atoms. The van der Waals surface area contributed by atoms with Crippen molar-refractivity contribution in [3.05, 3.63) is 0 Å². The minimum absolute atomic E-state index is 1.06. The second-order valence-electron chi connectivity index (χ2n) is 4.39. The van der Waals surface area contributed by atoms with E-state index in [1.807, 2.05) is 0 Å². The van der Waals surface area contributed by atoms with Gasteiger partial charge in [0, 0.05) is 12.8 Å². The van der Waals surface area contributed by atoms with Crippen molar-refractivity contribution in [2.75, 3.05) is 0 Å². The Balaban J connectivity index is 2.64. The highest BCUT2D eigenvalue weighted by Gasteiger charge is 2.33. The maximum absolute atomic E-state index is 3.57. The van der Waals surface area contributed by atoms with Crippen LogP contribution >= 0.6 is 0 Å². The Labute approximate surface area is 95.9 Å². The Morgan fingerprint density at radius 1 is 0.867 bits per heavy atom. The molecule has 0 aromatic heterocycles. The summed E-state index contributed by atoms with van der Waals surface area (Å²) in [6.07, 6.45) is 7.22. The van der Waals surface area contributed by atoms with E-state index in [0.717, 1.165) is 12.8 Å². The van der Waals surface area contributed by atoms with Crippen molar-refractivity contribution >= 4 is 8.07 Å². The highest BCUT2D eigenvalue weighted by atomic mass is 28.3. The first kappa shape index (κ1) is 12.4. The zero-order valence-corrected chi connectivity index (χ0v) is 11.2. The Hall–Kier alpha value is -0.663. The standard InChI is InChI=1S/C14H22Si/c1-3-5-7-11-15(12-8-6-4-2)13-9-10-14-15/h3-6,9-10,13-14H2,1-2H3. The van der Waals surface area contributed by atoms with Crippen molar-refractivity contribution in [1.82, 2.24) is 0 Å². The summed E-state index contributed by atoms with van der Waals surface area (Å²) in [5.74, 6) is 6.71. The van der Waals surface area contributed by atoms with Gasteiger partial charge in [0.15, 0.2) is 0 Å². The second-order valence-corrected chi connectivity index (χ2v) is 8.06. The van der Waals surface area contributed by atoms with E-state index in [1.54, 1.807) is 0 Å². The van der Waals surface area contributed by atoms with Crippen LogP contribution in [0.15, 0.2) is 0 Å². The lowest BCUT2D eigenvalue weighted by molar-refractivity contribution is 0.935. The SMILES string of the molecule is CCCC#C[Si]1(C#CCCC)CCCC1. The molecule has 0 unspecified atom stereocenters. The van der Waals surface area contributed by atoms with Gasteiger partial charge in [-0.2, -0.15) is 0 Å². The Morgan fingerprint density at radius 3 is 1.73 bits per heavy atom. The van der Waals surface area contributed by atoms with Gasteiger partial charge in [-0.1, -0.05) is 26.7 Å². The zero-order chi connectivity index (χ0) is 11.0. The van der Waals surface area contributed by atoms with Crippen molar-refractivity contribution < 1.29 is 0 Å². The maximum atomic E-state index is 3.57. The minimum atomic E-state index is -1.43. The van der Waals surface area contributed by atoms with E-state index in [1.165, 1.54) is 37.8 Å². The largest absolute Gasteiger partial charge is 0.216 e. The van der Waals surface area contributed by atoms with Gasteiger partial charge in [-0.05, 0) is 24.9 Å². The van der Waals surface area contributed by atoms with E-state index in [9.17, 15) is 0 Å². The van der Waals surface area contributed by atoms with Gasteiger partial charge >= 0.3 is 0 Å². The number of hydrogen-bond acceptors (Lipinski definition) is 0. The molecule has 0 amide bonds. The van der Waals surface area contributed by atoms with E-state index in [0.29, 0.717) is 0 Å². The van der Waals surface area contributed by atoms with Gasteiger partial charge in [-0.25, -0.2) is 0 Å². The average molecular weight is 218 g/mol. The highest BCUT2D eigenvalue weighted by Crippen LogP contribution is 2.28. The highest BCUT2D eigenvalue weighted by molar-refractivity contribution is 6.94. The van der Waals surface area contributed by atoms with Gasteiger partial charge in [0.1, 0.15) is 0 Å². The third-order valence-electron chi connectivity index (χ3n) is 2.86. The molecule has 0 N–H and O–H groups in total. The lowest BCUT2D eigenvalue weighted by Gasteiger charge is -2.10. The van der Waals surface area contributed by atoms with Crippen LogP contribution in [0.5, 0.6) is 0 Å². The van der Waals surface area contributed by atoms with Crippen LogP contribution in [-0.4, -0.2) is 8.07 Å². The van der Waals surface area contributed by atoms with Crippen LogP contribution in [0.25, 0.3) is 0 Å². The fourth-order valence-electron chi connectivity index (χ4n) is 1.97. The number of hydrogen-bond donors (Lipinski definition) is 0. The van der Waals surface area contributed by atoms with Crippen LogP contribution in [0.4, 0.5) is 0 Å². The Kier molecular flexibility index (Phi) is 5.59. The monoisotopic (exact) mass is 218 g/mol. The molecule has 1 rings (SSSR count). The molecule has 0 aromatic carbocycles. The molecule has 0 atom stereocenters. The summed E-state index contributed by atoms with van der Waals surface area (Å²) in [4.78, 5) is 0. The predicted molar refractivity (Wildman–Crippen MR) is 70.0 cm³/mol. The molecule has 1 aliphatic rings. The van der Waals surface area contributed by atoms with E-state index < -0.39 is 8.07 Å². The van der Waals surface area contributed by atoms with Crippen LogP contribution in [0.3, 0.4) is 0 Å². The van der Waals surface area contributed by atoms with E-state index in [-0.39, 0.29) is 0 Å². The van der Waals surface area contributed by atoms with Crippen LogP contribution in [-0.2, 0) is 0 Å². The summed E-state index contributed by atoms with van der Waals surface area (Å²) in [7, 11) is -1.43. The molecule has 0 nitrogen and oxygen atoms in total. The molecule has 1 fully saturated rings. The average Bonchev–Trinajstić information content (AvgIpc) is 2.68. The van der Waals surface area contributed by atoms with Crippen molar-refractivity contribution in [1.29, 1.82) is 0 Å². The van der Waals surface area contributed by atoms with Crippen LogP contribution in [0, 0.1) is 22.9 Å². The van der Waals surface area contributed by atoms with E-state index in [2.05, 4.69) is 36.8 Å². The summed E-state index contributed by atoms with van der Waals surface area (Å²) in [6.45, 7) is 4.39. The molecule has 0 radical (unpaired) electrons. The van der Waals surface area contributed by atoms with Crippen molar-refractivity contribution in [3.8, 4) is 22.9 Å². The second kappa shape index (κ2) is 6.75. The first-order valence-corrected chi connectivity index (χ1v) is 8.74. The van der Waals surface area contributed by atoms with E-state index >= 15 is 0 Å². The molecule has 82 valence electrons. The number of rotatable bonds is 2. The quantitative estimate of drug-likeness (QED) is 0.487. The normalized spacial score (nSPS) is 17.5. The van der Waals surface area contributed by atoms with Crippen LogP contribution in [0.1, 0.15) is 52.4 Å². The summed E-state index contributed by atoms with van der Waals surface area (Å²) >= 11 is 0. The molecule has 0 aromatic rings. The topological polar surface area (TPSA) is 0 Å². The fourth-order valence-corrected chi connectivity index (χ4v) is 5.42.